The van der Waals surface area contributed by atoms with Crippen LogP contribution >= 0.6 is 46.4 Å². The average molecular weight is 390 g/mol. The van der Waals surface area contributed by atoms with Gasteiger partial charge in [-0.1, -0.05) is 46.4 Å². The Bertz CT molecular complexity index is 834. The molecule has 0 spiro atoms. The van der Waals surface area contributed by atoms with Gasteiger partial charge in [-0.25, -0.2) is 0 Å². The minimum Gasteiger partial charge on any atom is -0.482 e. The number of hydrogen-bond donors (Lipinski definition) is 0. The Labute approximate surface area is 151 Å². The predicted octanol–water partition coefficient (Wildman–Crippen LogP) is 5.93. The summed E-state index contributed by atoms with van der Waals surface area (Å²) < 4.78 is 11.1. The molecule has 0 amide bonds. The van der Waals surface area contributed by atoms with Crippen LogP contribution in [0.5, 0.6) is 5.75 Å². The Hall–Kier alpha value is -1.46. The average Bonchev–Trinajstić information content (AvgIpc) is 2.99. The van der Waals surface area contributed by atoms with Crippen molar-refractivity contribution in [3.05, 3.63) is 62.4 Å². The molecular formula is C15H8Cl4N2O2. The van der Waals surface area contributed by atoms with Crippen molar-refractivity contribution in [2.75, 3.05) is 0 Å². The third-order valence-electron chi connectivity index (χ3n) is 2.88. The highest BCUT2D eigenvalue weighted by Gasteiger charge is 2.11. The highest BCUT2D eigenvalue weighted by molar-refractivity contribution is 6.43. The van der Waals surface area contributed by atoms with Crippen molar-refractivity contribution in [3.8, 4) is 17.2 Å². The molecule has 0 aliphatic carbocycles. The van der Waals surface area contributed by atoms with E-state index in [9.17, 15) is 0 Å². The maximum Gasteiger partial charge on any atom is 0.254 e. The van der Waals surface area contributed by atoms with Gasteiger partial charge in [-0.3, -0.25) is 0 Å². The highest BCUT2D eigenvalue weighted by atomic mass is 35.5. The molecule has 0 fully saturated rings. The largest absolute Gasteiger partial charge is 0.482 e. The number of benzene rings is 2. The maximum absolute atomic E-state index is 6.04. The molecule has 0 N–H and O–H groups in total. The number of ether oxygens (including phenoxy) is 1. The second-order valence-corrected chi connectivity index (χ2v) is 6.15. The van der Waals surface area contributed by atoms with Gasteiger partial charge in [-0.2, -0.15) is 0 Å². The highest BCUT2D eigenvalue weighted by Crippen LogP contribution is 2.34. The molecule has 2 aromatic carbocycles. The minimum atomic E-state index is 0.0538. The second-order valence-electron chi connectivity index (χ2n) is 4.49. The first kappa shape index (κ1) is 16.4. The van der Waals surface area contributed by atoms with E-state index in [2.05, 4.69) is 10.2 Å². The van der Waals surface area contributed by atoms with Crippen molar-refractivity contribution in [2.24, 2.45) is 0 Å². The summed E-state index contributed by atoms with van der Waals surface area (Å²) in [6, 6.07) is 10.1. The molecule has 4 nitrogen and oxygen atoms in total. The molecule has 1 heterocycles. The topological polar surface area (TPSA) is 48.2 Å². The molecule has 0 atom stereocenters. The molecule has 3 aromatic rings. The van der Waals surface area contributed by atoms with E-state index < -0.39 is 0 Å². The van der Waals surface area contributed by atoms with Gasteiger partial charge in [0.2, 0.25) is 5.89 Å². The molecular weight excluding hydrogens is 382 g/mol. The maximum atomic E-state index is 6.04. The van der Waals surface area contributed by atoms with Crippen LogP contribution in [0.4, 0.5) is 0 Å². The first-order valence-corrected chi connectivity index (χ1v) is 7.90. The first-order chi connectivity index (χ1) is 11.0. The van der Waals surface area contributed by atoms with Gasteiger partial charge in [-0.05, 0) is 30.3 Å². The van der Waals surface area contributed by atoms with E-state index in [1.165, 1.54) is 12.1 Å². The van der Waals surface area contributed by atoms with Gasteiger partial charge in [0.1, 0.15) is 5.75 Å². The molecule has 8 heteroatoms. The lowest BCUT2D eigenvalue weighted by Gasteiger charge is -2.07. The Kier molecular flexibility index (Phi) is 4.97. The van der Waals surface area contributed by atoms with Gasteiger partial charge >= 0.3 is 0 Å². The van der Waals surface area contributed by atoms with E-state index in [0.29, 0.717) is 37.6 Å². The van der Waals surface area contributed by atoms with E-state index in [4.69, 9.17) is 55.6 Å². The van der Waals surface area contributed by atoms with Crippen LogP contribution in [0, 0.1) is 0 Å². The fourth-order valence-electron chi connectivity index (χ4n) is 1.78. The van der Waals surface area contributed by atoms with Gasteiger partial charge in [-0.15, -0.1) is 10.2 Å². The minimum absolute atomic E-state index is 0.0538. The van der Waals surface area contributed by atoms with E-state index in [1.807, 2.05) is 0 Å². The summed E-state index contributed by atoms with van der Waals surface area (Å²) in [5, 5.41) is 9.56. The van der Waals surface area contributed by atoms with Gasteiger partial charge in [0.15, 0.2) is 6.61 Å². The summed E-state index contributed by atoms with van der Waals surface area (Å²) >= 11 is 23.7. The summed E-state index contributed by atoms with van der Waals surface area (Å²) in [6.45, 7) is 0.0538. The standard InChI is InChI=1S/C15H8Cl4N2O2/c16-9-3-1-8(2-4-9)15-21-20-14(23-15)7-22-13-6-11(18)10(17)5-12(13)19/h1-6H,7H2. The smallest absolute Gasteiger partial charge is 0.254 e. The lowest BCUT2D eigenvalue weighted by atomic mass is 10.2. The molecule has 0 aliphatic rings. The Morgan fingerprint density at radius 3 is 2.30 bits per heavy atom. The number of rotatable bonds is 4. The fraction of sp³-hybridized carbons (Fsp3) is 0.0667. The van der Waals surface area contributed by atoms with Crippen LogP contribution in [-0.4, -0.2) is 10.2 Å². The molecule has 0 aliphatic heterocycles. The van der Waals surface area contributed by atoms with Crippen LogP contribution in [0.3, 0.4) is 0 Å². The molecule has 0 radical (unpaired) electrons. The number of aromatic nitrogens is 2. The molecule has 0 saturated carbocycles. The van der Waals surface area contributed by atoms with E-state index in [0.717, 1.165) is 5.56 Å². The molecule has 0 bridgehead atoms. The number of nitrogens with zero attached hydrogens (tertiary/aromatic N) is 2. The Morgan fingerprint density at radius 1 is 0.870 bits per heavy atom. The monoisotopic (exact) mass is 388 g/mol. The van der Waals surface area contributed by atoms with Gasteiger partial charge in [0.05, 0.1) is 15.1 Å². The Balaban J connectivity index is 1.72. The number of hydrogen-bond acceptors (Lipinski definition) is 4. The van der Waals surface area contributed by atoms with Crippen molar-refractivity contribution in [2.45, 2.75) is 6.61 Å². The lowest BCUT2D eigenvalue weighted by molar-refractivity contribution is 0.264. The van der Waals surface area contributed by atoms with Crippen molar-refractivity contribution < 1.29 is 9.15 Å². The second kappa shape index (κ2) is 6.97. The van der Waals surface area contributed by atoms with Crippen molar-refractivity contribution in [1.82, 2.24) is 10.2 Å². The predicted molar refractivity (Wildman–Crippen MR) is 90.5 cm³/mol. The number of halogens is 4. The third kappa shape index (κ3) is 3.90. The van der Waals surface area contributed by atoms with E-state index in [-0.39, 0.29) is 6.61 Å². The lowest BCUT2D eigenvalue weighted by Crippen LogP contribution is -1.96. The van der Waals surface area contributed by atoms with Gasteiger partial charge < -0.3 is 9.15 Å². The quantitative estimate of drug-likeness (QED) is 0.519. The normalized spacial score (nSPS) is 10.8. The van der Waals surface area contributed by atoms with Crippen LogP contribution in [0.2, 0.25) is 20.1 Å². The van der Waals surface area contributed by atoms with E-state index in [1.54, 1.807) is 24.3 Å². The van der Waals surface area contributed by atoms with Crippen LogP contribution < -0.4 is 4.74 Å². The summed E-state index contributed by atoms with van der Waals surface area (Å²) in [5.41, 5.74) is 0.765. The molecule has 0 unspecified atom stereocenters. The van der Waals surface area contributed by atoms with Crippen molar-refractivity contribution in [3.63, 3.8) is 0 Å². The van der Waals surface area contributed by atoms with Crippen LogP contribution in [0.1, 0.15) is 5.89 Å². The van der Waals surface area contributed by atoms with Crippen LogP contribution in [0.15, 0.2) is 40.8 Å². The summed E-state index contributed by atoms with van der Waals surface area (Å²) in [7, 11) is 0. The summed E-state index contributed by atoms with van der Waals surface area (Å²) in [5.74, 6) is 1.06. The zero-order chi connectivity index (χ0) is 16.4. The van der Waals surface area contributed by atoms with Gasteiger partial charge in [0, 0.05) is 16.7 Å². The van der Waals surface area contributed by atoms with E-state index >= 15 is 0 Å². The summed E-state index contributed by atoms with van der Waals surface area (Å²) in [6.07, 6.45) is 0. The summed E-state index contributed by atoms with van der Waals surface area (Å²) in [4.78, 5) is 0. The SMILES string of the molecule is Clc1ccc(-c2nnc(COc3cc(Cl)c(Cl)cc3Cl)o2)cc1. The van der Waals surface area contributed by atoms with Crippen LogP contribution in [0.25, 0.3) is 11.5 Å². The molecule has 1 aromatic heterocycles. The first-order valence-electron chi connectivity index (χ1n) is 6.38. The van der Waals surface area contributed by atoms with Crippen molar-refractivity contribution in [1.29, 1.82) is 0 Å². The van der Waals surface area contributed by atoms with Crippen LogP contribution in [-0.2, 0) is 6.61 Å². The van der Waals surface area contributed by atoms with Gasteiger partial charge in [0.25, 0.3) is 5.89 Å². The molecule has 3 rings (SSSR count). The molecule has 23 heavy (non-hydrogen) atoms. The molecule has 118 valence electrons. The zero-order valence-electron chi connectivity index (χ0n) is 11.4. The van der Waals surface area contributed by atoms with Crippen molar-refractivity contribution >= 4 is 46.4 Å². The molecule has 0 saturated heterocycles. The Morgan fingerprint density at radius 2 is 1.57 bits per heavy atom. The zero-order valence-corrected chi connectivity index (χ0v) is 14.4. The fourth-order valence-corrected chi connectivity index (χ4v) is 2.49. The third-order valence-corrected chi connectivity index (χ3v) is 4.15.